The van der Waals surface area contributed by atoms with Gasteiger partial charge >= 0.3 is 6.03 Å². The van der Waals surface area contributed by atoms with Gasteiger partial charge in [-0.1, -0.05) is 12.1 Å². The number of anilines is 1. The highest BCUT2D eigenvalue weighted by Crippen LogP contribution is 2.12. The Kier molecular flexibility index (Phi) is 6.35. The quantitative estimate of drug-likeness (QED) is 0.759. The molecule has 0 saturated carbocycles. The summed E-state index contributed by atoms with van der Waals surface area (Å²) in [4.78, 5) is 11.6. The summed E-state index contributed by atoms with van der Waals surface area (Å²) in [5, 5.41) is 5.08. The number of rotatable bonds is 7. The van der Waals surface area contributed by atoms with E-state index in [9.17, 15) is 13.6 Å². The van der Waals surface area contributed by atoms with Gasteiger partial charge in [0.2, 0.25) is 0 Å². The second-order valence-corrected chi connectivity index (χ2v) is 4.87. The standard InChI is InChI=1S/C17H18F2N2O2/c18-13-7-9-14(10-8-13)23-12-4-3-11-20-17(22)21-16-6-2-1-5-15(16)19/h1-2,5-10H,3-4,11-12H2,(H2,20,21,22). The molecule has 2 aromatic carbocycles. The number of amides is 2. The zero-order valence-electron chi connectivity index (χ0n) is 12.5. The smallest absolute Gasteiger partial charge is 0.319 e. The Bertz CT molecular complexity index is 633. The molecule has 0 aliphatic rings. The molecule has 0 aliphatic carbocycles. The molecule has 0 bridgehead atoms. The largest absolute Gasteiger partial charge is 0.494 e. The number of carbonyl (C=O) groups excluding carboxylic acids is 1. The molecule has 0 radical (unpaired) electrons. The van der Waals surface area contributed by atoms with Crippen LogP contribution in [0.5, 0.6) is 5.75 Å². The Morgan fingerprint density at radius 1 is 1.00 bits per heavy atom. The number of nitrogens with one attached hydrogen (secondary N) is 2. The van der Waals surface area contributed by atoms with E-state index in [0.717, 1.165) is 6.42 Å². The van der Waals surface area contributed by atoms with Crippen LogP contribution in [0.2, 0.25) is 0 Å². The molecule has 2 aromatic rings. The minimum atomic E-state index is -0.477. The second-order valence-electron chi connectivity index (χ2n) is 4.87. The van der Waals surface area contributed by atoms with Crippen LogP contribution in [0.15, 0.2) is 48.5 Å². The van der Waals surface area contributed by atoms with E-state index in [1.165, 1.54) is 24.3 Å². The maximum absolute atomic E-state index is 13.3. The molecule has 0 heterocycles. The number of hydrogen-bond donors (Lipinski definition) is 2. The van der Waals surface area contributed by atoms with Gasteiger partial charge in [-0.2, -0.15) is 0 Å². The van der Waals surface area contributed by atoms with Crippen molar-refractivity contribution in [2.75, 3.05) is 18.5 Å². The zero-order valence-corrected chi connectivity index (χ0v) is 12.5. The summed E-state index contributed by atoms with van der Waals surface area (Å²) in [6.07, 6.45) is 1.45. The molecule has 0 aromatic heterocycles. The number of para-hydroxylation sites is 1. The number of halogens is 2. The van der Waals surface area contributed by atoms with Gasteiger partial charge in [-0.15, -0.1) is 0 Å². The average Bonchev–Trinajstić information content (AvgIpc) is 2.54. The van der Waals surface area contributed by atoms with E-state index in [-0.39, 0.29) is 11.5 Å². The summed E-state index contributed by atoms with van der Waals surface area (Å²) >= 11 is 0. The van der Waals surface area contributed by atoms with E-state index in [4.69, 9.17) is 4.74 Å². The van der Waals surface area contributed by atoms with Gasteiger partial charge in [0.05, 0.1) is 12.3 Å². The Morgan fingerprint density at radius 3 is 2.48 bits per heavy atom. The molecule has 4 nitrogen and oxygen atoms in total. The van der Waals surface area contributed by atoms with Crippen molar-refractivity contribution < 1.29 is 18.3 Å². The van der Waals surface area contributed by atoms with Crippen molar-refractivity contribution in [2.24, 2.45) is 0 Å². The fraction of sp³-hybridized carbons (Fsp3) is 0.235. The third-order valence-electron chi connectivity index (χ3n) is 3.06. The Morgan fingerprint density at radius 2 is 1.74 bits per heavy atom. The van der Waals surface area contributed by atoms with E-state index in [1.54, 1.807) is 24.3 Å². The first kappa shape index (κ1) is 16.7. The summed E-state index contributed by atoms with van der Waals surface area (Å²) in [6, 6.07) is 11.3. The lowest BCUT2D eigenvalue weighted by molar-refractivity contribution is 0.251. The van der Waals surface area contributed by atoms with Crippen molar-refractivity contribution in [1.29, 1.82) is 0 Å². The molecule has 0 saturated heterocycles. The topological polar surface area (TPSA) is 50.4 Å². The lowest BCUT2D eigenvalue weighted by Gasteiger charge is -2.09. The lowest BCUT2D eigenvalue weighted by Crippen LogP contribution is -2.30. The van der Waals surface area contributed by atoms with E-state index >= 15 is 0 Å². The molecule has 0 atom stereocenters. The molecule has 0 spiro atoms. The van der Waals surface area contributed by atoms with Crippen LogP contribution in [0.4, 0.5) is 19.3 Å². The van der Waals surface area contributed by atoms with Crippen LogP contribution in [-0.2, 0) is 0 Å². The van der Waals surface area contributed by atoms with Crippen LogP contribution in [-0.4, -0.2) is 19.2 Å². The third kappa shape index (κ3) is 5.94. The molecule has 23 heavy (non-hydrogen) atoms. The van der Waals surface area contributed by atoms with E-state index < -0.39 is 11.8 Å². The minimum Gasteiger partial charge on any atom is -0.494 e. The van der Waals surface area contributed by atoms with Gasteiger partial charge in [0, 0.05) is 6.54 Å². The number of ether oxygens (including phenoxy) is 1. The van der Waals surface area contributed by atoms with Gasteiger partial charge in [0.1, 0.15) is 17.4 Å². The van der Waals surface area contributed by atoms with Crippen molar-refractivity contribution in [2.45, 2.75) is 12.8 Å². The Balaban J connectivity index is 1.57. The Labute approximate surface area is 133 Å². The van der Waals surface area contributed by atoms with Crippen molar-refractivity contribution >= 4 is 11.7 Å². The van der Waals surface area contributed by atoms with Crippen molar-refractivity contribution in [3.8, 4) is 5.75 Å². The molecule has 0 fully saturated rings. The van der Waals surface area contributed by atoms with Crippen LogP contribution in [0, 0.1) is 11.6 Å². The predicted molar refractivity (Wildman–Crippen MR) is 84.6 cm³/mol. The highest BCUT2D eigenvalue weighted by Gasteiger charge is 2.04. The van der Waals surface area contributed by atoms with E-state index in [0.29, 0.717) is 25.3 Å². The number of carbonyl (C=O) groups is 1. The van der Waals surface area contributed by atoms with Crippen molar-refractivity contribution in [3.05, 3.63) is 60.2 Å². The average molecular weight is 320 g/mol. The molecule has 6 heteroatoms. The van der Waals surface area contributed by atoms with Crippen LogP contribution in [0.1, 0.15) is 12.8 Å². The van der Waals surface area contributed by atoms with E-state index in [2.05, 4.69) is 10.6 Å². The van der Waals surface area contributed by atoms with Gasteiger partial charge in [-0.3, -0.25) is 0 Å². The molecule has 0 unspecified atom stereocenters. The van der Waals surface area contributed by atoms with E-state index in [1.807, 2.05) is 0 Å². The number of unbranched alkanes of at least 4 members (excludes halogenated alkanes) is 1. The fourth-order valence-electron chi connectivity index (χ4n) is 1.88. The summed E-state index contributed by atoms with van der Waals surface area (Å²) < 4.78 is 31.5. The second kappa shape index (κ2) is 8.73. The SMILES string of the molecule is O=C(NCCCCOc1ccc(F)cc1)Nc1ccccc1F. The summed E-state index contributed by atoms with van der Waals surface area (Å²) in [7, 11) is 0. The van der Waals surface area contributed by atoms with Gasteiger partial charge < -0.3 is 15.4 Å². The Hall–Kier alpha value is -2.63. The first-order chi connectivity index (χ1) is 11.1. The van der Waals surface area contributed by atoms with Crippen LogP contribution in [0.25, 0.3) is 0 Å². The fourth-order valence-corrected chi connectivity index (χ4v) is 1.88. The molecular weight excluding hydrogens is 302 g/mol. The van der Waals surface area contributed by atoms with Crippen LogP contribution >= 0.6 is 0 Å². The molecule has 2 amide bonds. The highest BCUT2D eigenvalue weighted by molar-refractivity contribution is 5.89. The number of benzene rings is 2. The molecule has 122 valence electrons. The third-order valence-corrected chi connectivity index (χ3v) is 3.06. The van der Waals surface area contributed by atoms with Gasteiger partial charge in [0.15, 0.2) is 0 Å². The van der Waals surface area contributed by atoms with Crippen LogP contribution < -0.4 is 15.4 Å². The number of urea groups is 1. The molecule has 0 aliphatic heterocycles. The zero-order chi connectivity index (χ0) is 16.5. The van der Waals surface area contributed by atoms with Crippen molar-refractivity contribution in [1.82, 2.24) is 5.32 Å². The minimum absolute atomic E-state index is 0.143. The normalized spacial score (nSPS) is 10.2. The maximum atomic E-state index is 13.3. The predicted octanol–water partition coefficient (Wildman–Crippen LogP) is 3.95. The van der Waals surface area contributed by atoms with Crippen LogP contribution in [0.3, 0.4) is 0 Å². The number of hydrogen-bond acceptors (Lipinski definition) is 2. The first-order valence-electron chi connectivity index (χ1n) is 7.33. The van der Waals surface area contributed by atoms with Gasteiger partial charge in [-0.25, -0.2) is 13.6 Å². The highest BCUT2D eigenvalue weighted by atomic mass is 19.1. The summed E-state index contributed by atoms with van der Waals surface area (Å²) in [6.45, 7) is 0.926. The first-order valence-corrected chi connectivity index (χ1v) is 7.33. The molecule has 2 rings (SSSR count). The maximum Gasteiger partial charge on any atom is 0.319 e. The molecule has 2 N–H and O–H groups in total. The monoisotopic (exact) mass is 320 g/mol. The lowest BCUT2D eigenvalue weighted by atomic mass is 10.3. The molecular formula is C17H18F2N2O2. The van der Waals surface area contributed by atoms with Gasteiger partial charge in [0.25, 0.3) is 0 Å². The summed E-state index contributed by atoms with van der Waals surface area (Å²) in [5.74, 6) is -0.172. The summed E-state index contributed by atoms with van der Waals surface area (Å²) in [5.41, 5.74) is 0.143. The van der Waals surface area contributed by atoms with Crippen molar-refractivity contribution in [3.63, 3.8) is 0 Å². The van der Waals surface area contributed by atoms with Gasteiger partial charge in [-0.05, 0) is 49.2 Å².